The maximum absolute atomic E-state index is 5.43. The summed E-state index contributed by atoms with van der Waals surface area (Å²) in [7, 11) is 0. The summed E-state index contributed by atoms with van der Waals surface area (Å²) in [5.74, 6) is 2.02. The van der Waals surface area contributed by atoms with E-state index in [-0.39, 0.29) is 6.10 Å². The van der Waals surface area contributed by atoms with Gasteiger partial charge in [0.05, 0.1) is 0 Å². The lowest BCUT2D eigenvalue weighted by Gasteiger charge is -2.20. The third-order valence-electron chi connectivity index (χ3n) is 3.13. The van der Waals surface area contributed by atoms with Crippen LogP contribution >= 0.6 is 0 Å². The van der Waals surface area contributed by atoms with E-state index in [1.54, 1.807) is 0 Å². The second-order valence-corrected chi connectivity index (χ2v) is 4.56. The highest BCUT2D eigenvalue weighted by molar-refractivity contribution is 4.91. The van der Waals surface area contributed by atoms with Crippen LogP contribution in [0.15, 0.2) is 4.52 Å². The lowest BCUT2D eigenvalue weighted by molar-refractivity contribution is 0.0683. The Bertz CT molecular complexity index is 334. The monoisotopic (exact) mass is 239 g/mol. The van der Waals surface area contributed by atoms with Crippen molar-refractivity contribution in [2.75, 3.05) is 19.7 Å². The zero-order chi connectivity index (χ0) is 12.1. The number of aromatic nitrogens is 2. The third-order valence-corrected chi connectivity index (χ3v) is 3.13. The van der Waals surface area contributed by atoms with Gasteiger partial charge < -0.3 is 14.6 Å². The molecule has 1 aromatic heterocycles. The van der Waals surface area contributed by atoms with E-state index >= 15 is 0 Å². The van der Waals surface area contributed by atoms with Gasteiger partial charge in [0.1, 0.15) is 6.10 Å². The SMILES string of the molecule is CCOC(C)c1noc(CC2CCCNC2)n1. The molecular weight excluding hydrogens is 218 g/mol. The standard InChI is InChI=1S/C12H21N3O2/c1-3-16-9(2)12-14-11(17-15-12)7-10-5-4-6-13-8-10/h9-10,13H,3-8H2,1-2H3. The molecule has 17 heavy (non-hydrogen) atoms. The second kappa shape index (κ2) is 6.12. The molecule has 0 aromatic carbocycles. The van der Waals surface area contributed by atoms with Gasteiger partial charge in [0.25, 0.3) is 0 Å². The van der Waals surface area contributed by atoms with Crippen LogP contribution in [0.3, 0.4) is 0 Å². The summed E-state index contributed by atoms with van der Waals surface area (Å²) in [5.41, 5.74) is 0. The van der Waals surface area contributed by atoms with Gasteiger partial charge in [0.15, 0.2) is 5.82 Å². The quantitative estimate of drug-likeness (QED) is 0.847. The van der Waals surface area contributed by atoms with Crippen molar-refractivity contribution in [1.29, 1.82) is 0 Å². The highest BCUT2D eigenvalue weighted by Gasteiger charge is 2.19. The summed E-state index contributed by atoms with van der Waals surface area (Å²) >= 11 is 0. The molecule has 0 aliphatic carbocycles. The van der Waals surface area contributed by atoms with Crippen molar-refractivity contribution in [3.05, 3.63) is 11.7 Å². The summed E-state index contributed by atoms with van der Waals surface area (Å²) in [6, 6.07) is 0. The summed E-state index contributed by atoms with van der Waals surface area (Å²) in [4.78, 5) is 4.39. The van der Waals surface area contributed by atoms with Crippen molar-refractivity contribution in [2.24, 2.45) is 5.92 Å². The molecule has 0 saturated carbocycles. The molecule has 0 spiro atoms. The van der Waals surface area contributed by atoms with E-state index in [2.05, 4.69) is 15.5 Å². The van der Waals surface area contributed by atoms with E-state index in [9.17, 15) is 0 Å². The molecule has 5 heteroatoms. The Hall–Kier alpha value is -0.940. The highest BCUT2D eigenvalue weighted by atomic mass is 16.5. The number of nitrogens with zero attached hydrogens (tertiary/aromatic N) is 2. The lowest BCUT2D eigenvalue weighted by atomic mass is 9.96. The number of nitrogens with one attached hydrogen (secondary N) is 1. The number of rotatable bonds is 5. The molecular formula is C12H21N3O2. The molecule has 1 N–H and O–H groups in total. The summed E-state index contributed by atoms with van der Waals surface area (Å²) in [5, 5.41) is 7.36. The molecule has 0 radical (unpaired) electrons. The molecule has 0 amide bonds. The van der Waals surface area contributed by atoms with Crippen LogP contribution in [0.1, 0.15) is 44.5 Å². The largest absolute Gasteiger partial charge is 0.371 e. The van der Waals surface area contributed by atoms with Gasteiger partial charge in [-0.3, -0.25) is 0 Å². The van der Waals surface area contributed by atoms with Crippen LogP contribution in [0.5, 0.6) is 0 Å². The molecule has 1 aromatic rings. The molecule has 2 rings (SSSR count). The van der Waals surface area contributed by atoms with E-state index in [4.69, 9.17) is 9.26 Å². The predicted molar refractivity (Wildman–Crippen MR) is 63.6 cm³/mol. The van der Waals surface area contributed by atoms with E-state index < -0.39 is 0 Å². The molecule has 2 atom stereocenters. The minimum Gasteiger partial charge on any atom is -0.371 e. The van der Waals surface area contributed by atoms with Crippen LogP contribution in [-0.2, 0) is 11.2 Å². The molecule has 1 aliphatic rings. The fourth-order valence-electron chi connectivity index (χ4n) is 2.19. The Kier molecular flexibility index (Phi) is 4.50. The molecule has 5 nitrogen and oxygen atoms in total. The Morgan fingerprint density at radius 1 is 1.59 bits per heavy atom. The first kappa shape index (κ1) is 12.5. The second-order valence-electron chi connectivity index (χ2n) is 4.56. The normalized spacial score (nSPS) is 22.6. The van der Waals surface area contributed by atoms with Gasteiger partial charge >= 0.3 is 0 Å². The third kappa shape index (κ3) is 3.51. The highest BCUT2D eigenvalue weighted by Crippen LogP contribution is 2.18. The average Bonchev–Trinajstić information content (AvgIpc) is 2.79. The number of hydrogen-bond donors (Lipinski definition) is 1. The van der Waals surface area contributed by atoms with Crippen LogP contribution in [0.2, 0.25) is 0 Å². The first-order chi connectivity index (χ1) is 8.29. The van der Waals surface area contributed by atoms with E-state index in [0.29, 0.717) is 18.3 Å². The van der Waals surface area contributed by atoms with Gasteiger partial charge in [-0.15, -0.1) is 0 Å². The van der Waals surface area contributed by atoms with Gasteiger partial charge in [-0.25, -0.2) is 0 Å². The Labute approximate surface area is 102 Å². The van der Waals surface area contributed by atoms with Gasteiger partial charge in [-0.1, -0.05) is 5.16 Å². The van der Waals surface area contributed by atoms with Gasteiger partial charge in [-0.2, -0.15) is 4.98 Å². The Balaban J connectivity index is 1.88. The fraction of sp³-hybridized carbons (Fsp3) is 0.833. The van der Waals surface area contributed by atoms with Gasteiger partial charge in [0.2, 0.25) is 5.89 Å². The van der Waals surface area contributed by atoms with Crippen LogP contribution in [0.4, 0.5) is 0 Å². The number of ether oxygens (including phenoxy) is 1. The number of hydrogen-bond acceptors (Lipinski definition) is 5. The average molecular weight is 239 g/mol. The van der Waals surface area contributed by atoms with Gasteiger partial charge in [-0.05, 0) is 45.7 Å². The molecule has 1 saturated heterocycles. The minimum atomic E-state index is -0.0815. The van der Waals surface area contributed by atoms with Crippen molar-refractivity contribution >= 4 is 0 Å². The topological polar surface area (TPSA) is 60.2 Å². The van der Waals surface area contributed by atoms with Crippen molar-refractivity contribution in [1.82, 2.24) is 15.5 Å². The smallest absolute Gasteiger partial charge is 0.227 e. The Morgan fingerprint density at radius 2 is 2.47 bits per heavy atom. The van der Waals surface area contributed by atoms with Crippen LogP contribution in [0.25, 0.3) is 0 Å². The molecule has 1 fully saturated rings. The maximum Gasteiger partial charge on any atom is 0.227 e. The van der Waals surface area contributed by atoms with Crippen LogP contribution < -0.4 is 5.32 Å². The first-order valence-corrected chi connectivity index (χ1v) is 6.44. The number of piperidine rings is 1. The van der Waals surface area contributed by atoms with Crippen molar-refractivity contribution in [3.8, 4) is 0 Å². The summed E-state index contributed by atoms with van der Waals surface area (Å²) in [6.07, 6.45) is 3.27. The minimum absolute atomic E-state index is 0.0815. The zero-order valence-electron chi connectivity index (χ0n) is 10.6. The van der Waals surface area contributed by atoms with Crippen LogP contribution in [0, 0.1) is 5.92 Å². The first-order valence-electron chi connectivity index (χ1n) is 6.44. The fourth-order valence-corrected chi connectivity index (χ4v) is 2.19. The summed E-state index contributed by atoms with van der Waals surface area (Å²) < 4.78 is 10.7. The molecule has 1 aliphatic heterocycles. The van der Waals surface area contributed by atoms with Gasteiger partial charge in [0, 0.05) is 13.0 Å². The molecule has 2 heterocycles. The van der Waals surface area contributed by atoms with Crippen molar-refractivity contribution in [2.45, 2.75) is 39.2 Å². The lowest BCUT2D eigenvalue weighted by Crippen LogP contribution is -2.30. The van der Waals surface area contributed by atoms with Crippen molar-refractivity contribution < 1.29 is 9.26 Å². The predicted octanol–water partition coefficient (Wildman–Crippen LogP) is 1.71. The zero-order valence-corrected chi connectivity index (χ0v) is 10.6. The van der Waals surface area contributed by atoms with Crippen LogP contribution in [-0.4, -0.2) is 29.8 Å². The van der Waals surface area contributed by atoms with Crippen molar-refractivity contribution in [3.63, 3.8) is 0 Å². The maximum atomic E-state index is 5.43. The van der Waals surface area contributed by atoms with E-state index in [1.165, 1.54) is 12.8 Å². The molecule has 96 valence electrons. The molecule has 0 bridgehead atoms. The van der Waals surface area contributed by atoms with E-state index in [0.717, 1.165) is 25.4 Å². The Morgan fingerprint density at radius 3 is 3.18 bits per heavy atom. The molecule has 2 unspecified atom stereocenters. The van der Waals surface area contributed by atoms with E-state index in [1.807, 2.05) is 13.8 Å². The summed E-state index contributed by atoms with van der Waals surface area (Å²) in [6.45, 7) is 6.76.